The lowest BCUT2D eigenvalue weighted by Crippen LogP contribution is -2.34. The normalized spacial score (nSPS) is 30.1. The molecule has 0 radical (unpaired) electrons. The molecule has 15 heavy (non-hydrogen) atoms. The fourth-order valence-corrected chi connectivity index (χ4v) is 2.11. The number of halogens is 3. The van der Waals surface area contributed by atoms with Gasteiger partial charge in [-0.3, -0.25) is 0 Å². The molecule has 2 nitrogen and oxygen atoms in total. The van der Waals surface area contributed by atoms with Gasteiger partial charge in [0.1, 0.15) is 5.71 Å². The molecule has 0 fully saturated rings. The molecule has 0 bridgehead atoms. The zero-order chi connectivity index (χ0) is 11.9. The maximum absolute atomic E-state index is 8.76. The number of rotatable bonds is 0. The van der Waals surface area contributed by atoms with Gasteiger partial charge in [0.05, 0.1) is 5.41 Å². The van der Waals surface area contributed by atoms with Crippen molar-refractivity contribution in [3.8, 4) is 0 Å². The molecule has 1 atom stereocenters. The summed E-state index contributed by atoms with van der Waals surface area (Å²) >= 11 is 17.8. The maximum atomic E-state index is 8.76. The van der Waals surface area contributed by atoms with E-state index in [1.54, 1.807) is 6.08 Å². The van der Waals surface area contributed by atoms with Crippen LogP contribution in [-0.4, -0.2) is 14.7 Å². The minimum atomic E-state index is -1.42. The predicted molar refractivity (Wildman–Crippen MR) is 65.1 cm³/mol. The van der Waals surface area contributed by atoms with Crippen molar-refractivity contribution in [3.05, 3.63) is 23.3 Å². The number of allylic oxidation sites excluding steroid dienone is 4. The Kier molecular flexibility index (Phi) is 3.44. The standard InChI is InChI=1S/C10H12Cl3NO/c1-6-5-9(3,10(11,12)13)7(2)4-8(6)14-15/h4-5,15H,1-3H3/b14-8+. The van der Waals surface area contributed by atoms with Crippen molar-refractivity contribution in [1.29, 1.82) is 0 Å². The smallest absolute Gasteiger partial charge is 0.202 e. The number of hydrogen-bond donors (Lipinski definition) is 1. The molecule has 84 valence electrons. The van der Waals surface area contributed by atoms with Crippen LogP contribution in [0.5, 0.6) is 0 Å². The minimum Gasteiger partial charge on any atom is -0.410 e. The lowest BCUT2D eigenvalue weighted by atomic mass is 9.78. The van der Waals surface area contributed by atoms with Crippen LogP contribution in [0.15, 0.2) is 28.5 Å². The van der Waals surface area contributed by atoms with E-state index in [1.807, 2.05) is 26.8 Å². The number of alkyl halides is 3. The topological polar surface area (TPSA) is 32.6 Å². The summed E-state index contributed by atoms with van der Waals surface area (Å²) in [7, 11) is 0. The molecule has 1 N–H and O–H groups in total. The Bertz CT molecular complexity index is 365. The Morgan fingerprint density at radius 1 is 1.33 bits per heavy atom. The maximum Gasteiger partial charge on any atom is 0.202 e. The first kappa shape index (κ1) is 12.9. The fraction of sp³-hybridized carbons (Fsp3) is 0.500. The SMILES string of the molecule is CC1=CC(C)(C(Cl)(Cl)Cl)C(C)=C/C1=N\O. The van der Waals surface area contributed by atoms with Gasteiger partial charge in [0.25, 0.3) is 0 Å². The molecule has 5 heteroatoms. The van der Waals surface area contributed by atoms with Gasteiger partial charge in [-0.15, -0.1) is 0 Å². The predicted octanol–water partition coefficient (Wildman–Crippen LogP) is 4.10. The molecule has 0 amide bonds. The zero-order valence-corrected chi connectivity index (χ0v) is 11.0. The molecule has 1 aliphatic rings. The Morgan fingerprint density at radius 2 is 1.87 bits per heavy atom. The first-order valence-electron chi connectivity index (χ1n) is 4.40. The van der Waals surface area contributed by atoms with Crippen LogP contribution in [0.4, 0.5) is 0 Å². The highest BCUT2D eigenvalue weighted by atomic mass is 35.6. The fourth-order valence-electron chi connectivity index (χ4n) is 1.50. The van der Waals surface area contributed by atoms with Gasteiger partial charge in [0.2, 0.25) is 3.79 Å². The quantitative estimate of drug-likeness (QED) is 0.400. The monoisotopic (exact) mass is 267 g/mol. The summed E-state index contributed by atoms with van der Waals surface area (Å²) in [6.07, 6.45) is 3.53. The third-order valence-electron chi connectivity index (χ3n) is 2.78. The van der Waals surface area contributed by atoms with Crippen molar-refractivity contribution in [3.63, 3.8) is 0 Å². The third kappa shape index (κ3) is 2.17. The van der Waals surface area contributed by atoms with E-state index in [1.165, 1.54) is 0 Å². The first-order chi connectivity index (χ1) is 6.72. The van der Waals surface area contributed by atoms with Crippen molar-refractivity contribution >= 4 is 40.5 Å². The second-order valence-corrected chi connectivity index (χ2v) is 6.12. The lowest BCUT2D eigenvalue weighted by molar-refractivity contribution is 0.319. The second kappa shape index (κ2) is 4.00. The lowest BCUT2D eigenvalue weighted by Gasteiger charge is -2.37. The molecule has 0 saturated heterocycles. The van der Waals surface area contributed by atoms with E-state index < -0.39 is 9.21 Å². The molecule has 0 aromatic heterocycles. The van der Waals surface area contributed by atoms with E-state index >= 15 is 0 Å². The Balaban J connectivity index is 3.28. The van der Waals surface area contributed by atoms with Crippen molar-refractivity contribution in [2.24, 2.45) is 10.6 Å². The molecular weight excluding hydrogens is 256 g/mol. The summed E-state index contributed by atoms with van der Waals surface area (Å²) in [4.78, 5) is 0. The molecular formula is C10H12Cl3NO. The molecule has 0 aromatic rings. The zero-order valence-electron chi connectivity index (χ0n) is 8.68. The number of nitrogens with zero attached hydrogens (tertiary/aromatic N) is 1. The van der Waals surface area contributed by atoms with Crippen LogP contribution in [0.3, 0.4) is 0 Å². The van der Waals surface area contributed by atoms with Gasteiger partial charge in [-0.05, 0) is 32.4 Å². The van der Waals surface area contributed by atoms with Gasteiger partial charge in [-0.1, -0.05) is 51.6 Å². The van der Waals surface area contributed by atoms with Crippen LogP contribution in [0.2, 0.25) is 0 Å². The highest BCUT2D eigenvalue weighted by Crippen LogP contribution is 2.51. The number of oxime groups is 1. The van der Waals surface area contributed by atoms with E-state index in [0.29, 0.717) is 5.71 Å². The molecule has 0 aliphatic heterocycles. The summed E-state index contributed by atoms with van der Waals surface area (Å²) in [5.74, 6) is 0. The summed E-state index contributed by atoms with van der Waals surface area (Å²) in [5.41, 5.74) is 1.47. The van der Waals surface area contributed by atoms with Crippen LogP contribution >= 0.6 is 34.8 Å². The molecule has 1 unspecified atom stereocenters. The summed E-state index contributed by atoms with van der Waals surface area (Å²) < 4.78 is -1.42. The van der Waals surface area contributed by atoms with E-state index in [-0.39, 0.29) is 0 Å². The van der Waals surface area contributed by atoms with Crippen LogP contribution in [0.1, 0.15) is 20.8 Å². The van der Waals surface area contributed by atoms with E-state index in [2.05, 4.69) is 5.16 Å². The highest BCUT2D eigenvalue weighted by molar-refractivity contribution is 6.68. The molecule has 0 heterocycles. The van der Waals surface area contributed by atoms with Crippen LogP contribution in [0.25, 0.3) is 0 Å². The second-order valence-electron chi connectivity index (χ2n) is 3.84. The molecule has 1 rings (SSSR count). The molecule has 1 aliphatic carbocycles. The molecule has 0 spiro atoms. The Hall–Kier alpha value is -0.180. The Morgan fingerprint density at radius 3 is 2.27 bits per heavy atom. The first-order valence-corrected chi connectivity index (χ1v) is 5.53. The van der Waals surface area contributed by atoms with Crippen LogP contribution in [0, 0.1) is 5.41 Å². The van der Waals surface area contributed by atoms with Gasteiger partial charge in [0.15, 0.2) is 0 Å². The van der Waals surface area contributed by atoms with Gasteiger partial charge in [-0.25, -0.2) is 0 Å². The van der Waals surface area contributed by atoms with Crippen molar-refractivity contribution < 1.29 is 5.21 Å². The van der Waals surface area contributed by atoms with Gasteiger partial charge >= 0.3 is 0 Å². The van der Waals surface area contributed by atoms with Gasteiger partial charge < -0.3 is 5.21 Å². The van der Waals surface area contributed by atoms with E-state index in [9.17, 15) is 0 Å². The van der Waals surface area contributed by atoms with E-state index in [4.69, 9.17) is 40.0 Å². The van der Waals surface area contributed by atoms with Crippen LogP contribution in [-0.2, 0) is 0 Å². The largest absolute Gasteiger partial charge is 0.410 e. The van der Waals surface area contributed by atoms with E-state index in [0.717, 1.165) is 11.1 Å². The third-order valence-corrected chi connectivity index (χ3v) is 3.96. The van der Waals surface area contributed by atoms with Crippen molar-refractivity contribution in [2.75, 3.05) is 0 Å². The summed E-state index contributed by atoms with van der Waals surface area (Å²) in [6, 6.07) is 0. The average Bonchev–Trinajstić information content (AvgIpc) is 2.09. The van der Waals surface area contributed by atoms with Gasteiger partial charge in [0, 0.05) is 0 Å². The van der Waals surface area contributed by atoms with Crippen molar-refractivity contribution in [2.45, 2.75) is 24.6 Å². The van der Waals surface area contributed by atoms with Crippen molar-refractivity contribution in [1.82, 2.24) is 0 Å². The van der Waals surface area contributed by atoms with Gasteiger partial charge in [-0.2, -0.15) is 0 Å². The molecule has 0 saturated carbocycles. The summed E-state index contributed by atoms with van der Waals surface area (Å²) in [6.45, 7) is 5.49. The van der Waals surface area contributed by atoms with Crippen LogP contribution < -0.4 is 0 Å². The molecule has 0 aromatic carbocycles. The number of hydrogen-bond acceptors (Lipinski definition) is 2. The minimum absolute atomic E-state index is 0.499. The highest BCUT2D eigenvalue weighted by Gasteiger charge is 2.45. The summed E-state index contributed by atoms with van der Waals surface area (Å²) in [5, 5.41) is 11.9. The average molecular weight is 269 g/mol. The Labute approximate surface area is 104 Å².